The second kappa shape index (κ2) is 9.38. The van der Waals surface area contributed by atoms with Gasteiger partial charge in [-0.3, -0.25) is 14.4 Å². The number of aromatic nitrogens is 1. The predicted octanol–water partition coefficient (Wildman–Crippen LogP) is 2.34. The zero-order chi connectivity index (χ0) is 22.7. The van der Waals surface area contributed by atoms with Crippen LogP contribution in [0.1, 0.15) is 31.7 Å². The molecule has 0 aliphatic carbocycles. The van der Waals surface area contributed by atoms with Gasteiger partial charge >= 0.3 is 0 Å². The van der Waals surface area contributed by atoms with Gasteiger partial charge in [0.1, 0.15) is 5.82 Å². The Morgan fingerprint density at radius 1 is 1.12 bits per heavy atom. The van der Waals surface area contributed by atoms with E-state index >= 15 is 0 Å². The van der Waals surface area contributed by atoms with Crippen LogP contribution < -0.4 is 20.9 Å². The highest BCUT2D eigenvalue weighted by atomic mass is 16.2. The fourth-order valence-corrected chi connectivity index (χ4v) is 4.35. The maximum atomic E-state index is 12.8. The van der Waals surface area contributed by atoms with E-state index in [9.17, 15) is 14.4 Å². The Hall–Kier alpha value is -3.42. The van der Waals surface area contributed by atoms with Gasteiger partial charge in [-0.1, -0.05) is 19.1 Å². The number of carbonyl (C=O) groups excluding carboxylic acids is 3. The molecule has 0 radical (unpaired) electrons. The Morgan fingerprint density at radius 3 is 2.56 bits per heavy atom. The van der Waals surface area contributed by atoms with Crippen molar-refractivity contribution < 1.29 is 14.4 Å². The summed E-state index contributed by atoms with van der Waals surface area (Å²) in [6.45, 7) is 3.83. The van der Waals surface area contributed by atoms with E-state index in [1.807, 2.05) is 35.2 Å². The molecule has 0 spiro atoms. The number of piperidine rings is 1. The summed E-state index contributed by atoms with van der Waals surface area (Å²) in [5.74, 6) is -0.326. The van der Waals surface area contributed by atoms with Gasteiger partial charge in [0.25, 0.3) is 0 Å². The zero-order valence-electron chi connectivity index (χ0n) is 18.3. The van der Waals surface area contributed by atoms with Crippen LogP contribution in [0.5, 0.6) is 0 Å². The van der Waals surface area contributed by atoms with Crippen LogP contribution in [0.4, 0.5) is 17.2 Å². The van der Waals surface area contributed by atoms with Gasteiger partial charge in [-0.15, -0.1) is 0 Å². The van der Waals surface area contributed by atoms with Gasteiger partial charge < -0.3 is 20.9 Å². The molecule has 0 bridgehead atoms. The highest BCUT2D eigenvalue weighted by molar-refractivity contribution is 6.03. The fraction of sp³-hybridized carbons (Fsp3) is 0.417. The van der Waals surface area contributed by atoms with Gasteiger partial charge in [0.15, 0.2) is 0 Å². The zero-order valence-corrected chi connectivity index (χ0v) is 18.3. The van der Waals surface area contributed by atoms with Crippen molar-refractivity contribution in [3.63, 3.8) is 0 Å². The van der Waals surface area contributed by atoms with Crippen molar-refractivity contribution in [1.82, 2.24) is 4.98 Å². The van der Waals surface area contributed by atoms with E-state index in [1.54, 1.807) is 17.2 Å². The second-order valence-corrected chi connectivity index (χ2v) is 8.51. The summed E-state index contributed by atoms with van der Waals surface area (Å²) in [7, 11) is 0. The third-order valence-corrected chi connectivity index (χ3v) is 6.32. The first-order valence-electron chi connectivity index (χ1n) is 11.1. The molecule has 2 fully saturated rings. The number of amides is 3. The average molecular weight is 436 g/mol. The molecule has 4 rings (SSSR count). The fourth-order valence-electron chi connectivity index (χ4n) is 4.35. The lowest BCUT2D eigenvalue weighted by Gasteiger charge is -2.32. The van der Waals surface area contributed by atoms with Crippen LogP contribution in [0.2, 0.25) is 0 Å². The molecule has 2 aliphatic rings. The molecule has 2 aromatic rings. The molecular weight excluding hydrogens is 406 g/mol. The third kappa shape index (κ3) is 4.74. The van der Waals surface area contributed by atoms with Gasteiger partial charge in [-0.25, -0.2) is 4.98 Å². The minimum absolute atomic E-state index is 0.0445. The number of hydrogen-bond donors (Lipinski definition) is 2. The van der Waals surface area contributed by atoms with Gasteiger partial charge in [-0.2, -0.15) is 0 Å². The summed E-state index contributed by atoms with van der Waals surface area (Å²) in [5.41, 5.74) is 8.07. The molecule has 1 aromatic carbocycles. The van der Waals surface area contributed by atoms with E-state index in [4.69, 9.17) is 5.73 Å². The Morgan fingerprint density at radius 2 is 1.91 bits per heavy atom. The van der Waals surface area contributed by atoms with Gasteiger partial charge in [-0.05, 0) is 49.1 Å². The molecule has 32 heavy (non-hydrogen) atoms. The minimum atomic E-state index is -0.411. The summed E-state index contributed by atoms with van der Waals surface area (Å²) in [4.78, 5) is 44.9. The van der Waals surface area contributed by atoms with Gasteiger partial charge in [0, 0.05) is 31.7 Å². The number of pyridine rings is 1. The van der Waals surface area contributed by atoms with Crippen molar-refractivity contribution in [2.24, 2.45) is 17.6 Å². The first-order chi connectivity index (χ1) is 15.4. The van der Waals surface area contributed by atoms with Crippen molar-refractivity contribution >= 4 is 34.9 Å². The molecule has 2 atom stereocenters. The minimum Gasteiger partial charge on any atom is -0.369 e. The van der Waals surface area contributed by atoms with Crippen LogP contribution in [-0.4, -0.2) is 42.3 Å². The molecule has 8 heteroatoms. The molecule has 168 valence electrons. The summed E-state index contributed by atoms with van der Waals surface area (Å²) < 4.78 is 0. The first kappa shape index (κ1) is 21.8. The SMILES string of the molecule is CCc1ccc(N2CC(C(=O)Nc3ccc(N4CCCC(C(N)=O)C4)nc3)CC2=O)cc1. The number of carbonyl (C=O) groups is 3. The number of primary amides is 1. The van der Waals surface area contributed by atoms with Gasteiger partial charge in [0.2, 0.25) is 17.7 Å². The summed E-state index contributed by atoms with van der Waals surface area (Å²) in [6.07, 6.45) is 4.44. The Kier molecular flexibility index (Phi) is 6.39. The Balaban J connectivity index is 1.35. The maximum Gasteiger partial charge on any atom is 0.229 e. The largest absolute Gasteiger partial charge is 0.369 e. The highest BCUT2D eigenvalue weighted by Gasteiger charge is 2.35. The van der Waals surface area contributed by atoms with Crippen LogP contribution >= 0.6 is 0 Å². The molecule has 3 heterocycles. The van der Waals surface area contributed by atoms with E-state index in [0.717, 1.165) is 37.3 Å². The van der Waals surface area contributed by atoms with Crippen LogP contribution in [0.25, 0.3) is 0 Å². The first-order valence-corrected chi connectivity index (χ1v) is 11.1. The predicted molar refractivity (Wildman–Crippen MR) is 123 cm³/mol. The van der Waals surface area contributed by atoms with Crippen LogP contribution in [0.3, 0.4) is 0 Å². The monoisotopic (exact) mass is 435 g/mol. The van der Waals surface area contributed by atoms with Crippen LogP contribution in [0, 0.1) is 11.8 Å². The quantitative estimate of drug-likeness (QED) is 0.724. The summed E-state index contributed by atoms with van der Waals surface area (Å²) in [5, 5.41) is 2.88. The molecule has 2 aliphatic heterocycles. The lowest BCUT2D eigenvalue weighted by Crippen LogP contribution is -2.41. The number of anilines is 3. The molecule has 0 saturated carbocycles. The number of nitrogens with two attached hydrogens (primary N) is 1. The molecular formula is C24H29N5O3. The lowest BCUT2D eigenvalue weighted by atomic mass is 9.97. The van der Waals surface area contributed by atoms with Crippen molar-refractivity contribution in [1.29, 1.82) is 0 Å². The third-order valence-electron chi connectivity index (χ3n) is 6.32. The van der Waals surface area contributed by atoms with Crippen molar-refractivity contribution in [3.05, 3.63) is 48.2 Å². The van der Waals surface area contributed by atoms with E-state index in [-0.39, 0.29) is 30.1 Å². The number of rotatable bonds is 6. The summed E-state index contributed by atoms with van der Waals surface area (Å²) >= 11 is 0. The molecule has 8 nitrogen and oxygen atoms in total. The Labute approximate surface area is 187 Å². The van der Waals surface area contributed by atoms with Crippen LogP contribution in [-0.2, 0) is 20.8 Å². The number of hydrogen-bond acceptors (Lipinski definition) is 5. The normalized spacial score (nSPS) is 21.0. The maximum absolute atomic E-state index is 12.8. The number of aryl methyl sites for hydroxylation is 1. The molecule has 2 saturated heterocycles. The number of nitrogens with zero attached hydrogens (tertiary/aromatic N) is 3. The molecule has 2 unspecified atom stereocenters. The molecule has 3 amide bonds. The van der Waals surface area contributed by atoms with Crippen molar-refractivity contribution in [3.8, 4) is 0 Å². The van der Waals surface area contributed by atoms with E-state index in [0.29, 0.717) is 18.8 Å². The van der Waals surface area contributed by atoms with Crippen LogP contribution in [0.15, 0.2) is 42.6 Å². The second-order valence-electron chi connectivity index (χ2n) is 8.51. The topological polar surface area (TPSA) is 109 Å². The molecule has 3 N–H and O–H groups in total. The van der Waals surface area contributed by atoms with Gasteiger partial charge in [0.05, 0.1) is 23.7 Å². The summed E-state index contributed by atoms with van der Waals surface area (Å²) in [6, 6.07) is 11.5. The standard InChI is InChI=1S/C24H29N5O3/c1-2-16-5-8-20(9-6-16)29-15-18(12-22(29)30)24(32)27-19-7-10-21(26-13-19)28-11-3-4-17(14-28)23(25)31/h5-10,13,17-18H,2-4,11-12,14-15H2,1H3,(H2,25,31)(H,27,32). The van der Waals surface area contributed by atoms with E-state index in [1.165, 1.54) is 5.56 Å². The lowest BCUT2D eigenvalue weighted by molar-refractivity contribution is -0.122. The number of benzene rings is 1. The van der Waals surface area contributed by atoms with Crippen molar-refractivity contribution in [2.75, 3.05) is 34.8 Å². The Bertz CT molecular complexity index is 990. The van der Waals surface area contributed by atoms with E-state index < -0.39 is 5.92 Å². The molecule has 1 aromatic heterocycles. The van der Waals surface area contributed by atoms with E-state index in [2.05, 4.69) is 17.2 Å². The smallest absolute Gasteiger partial charge is 0.229 e. The van der Waals surface area contributed by atoms with Crippen molar-refractivity contribution in [2.45, 2.75) is 32.6 Å². The highest BCUT2D eigenvalue weighted by Crippen LogP contribution is 2.27. The average Bonchev–Trinajstić information content (AvgIpc) is 3.21. The number of nitrogens with one attached hydrogen (secondary N) is 1.